The Hall–Kier alpha value is -1.20. The van der Waals surface area contributed by atoms with Gasteiger partial charge in [0.1, 0.15) is 11.6 Å². The molecule has 0 amide bonds. The van der Waals surface area contributed by atoms with Gasteiger partial charge in [0.2, 0.25) is 0 Å². The summed E-state index contributed by atoms with van der Waals surface area (Å²) in [5.41, 5.74) is 1.18. The molecule has 122 valence electrons. The van der Waals surface area contributed by atoms with Gasteiger partial charge in [0, 0.05) is 57.2 Å². The van der Waals surface area contributed by atoms with Gasteiger partial charge in [-0.25, -0.2) is 9.97 Å². The lowest BCUT2D eigenvalue weighted by molar-refractivity contribution is 0.0321. The van der Waals surface area contributed by atoms with Crippen LogP contribution in [0.5, 0.6) is 0 Å². The molecular weight excluding hydrogens is 276 g/mol. The molecule has 5 nitrogen and oxygen atoms in total. The number of nitrogens with zero attached hydrogens (tertiary/aromatic N) is 4. The van der Waals surface area contributed by atoms with Crippen molar-refractivity contribution in [1.82, 2.24) is 14.9 Å². The number of piperazine rings is 1. The Labute approximate surface area is 133 Å². The molecule has 0 spiro atoms. The maximum atomic E-state index is 5.48. The summed E-state index contributed by atoms with van der Waals surface area (Å²) < 4.78 is 5.48. The van der Waals surface area contributed by atoms with E-state index in [-0.39, 0.29) is 0 Å². The highest BCUT2D eigenvalue weighted by atomic mass is 16.5. The van der Waals surface area contributed by atoms with Crippen LogP contribution in [-0.2, 0) is 11.2 Å². The van der Waals surface area contributed by atoms with E-state index in [0.29, 0.717) is 0 Å². The van der Waals surface area contributed by atoms with Gasteiger partial charge < -0.3 is 9.64 Å². The number of aryl methyl sites for hydroxylation is 2. The summed E-state index contributed by atoms with van der Waals surface area (Å²) in [6.07, 6.45) is 4.55. The minimum atomic E-state index is 0.721. The van der Waals surface area contributed by atoms with E-state index in [1.807, 2.05) is 6.92 Å². The molecule has 3 heterocycles. The summed E-state index contributed by atoms with van der Waals surface area (Å²) in [5.74, 6) is 2.01. The van der Waals surface area contributed by atoms with Crippen LogP contribution < -0.4 is 4.90 Å². The highest BCUT2D eigenvalue weighted by Gasteiger charge is 2.26. The molecule has 1 aromatic heterocycles. The lowest BCUT2D eigenvalue weighted by Gasteiger charge is -2.41. The van der Waals surface area contributed by atoms with Crippen molar-refractivity contribution in [2.24, 2.45) is 0 Å². The average molecular weight is 304 g/mol. The summed E-state index contributed by atoms with van der Waals surface area (Å²) >= 11 is 0. The zero-order chi connectivity index (χ0) is 15.4. The maximum Gasteiger partial charge on any atom is 0.132 e. The predicted molar refractivity (Wildman–Crippen MR) is 88.4 cm³/mol. The first-order valence-corrected chi connectivity index (χ1v) is 8.67. The van der Waals surface area contributed by atoms with E-state index in [0.717, 1.165) is 69.9 Å². The fourth-order valence-corrected chi connectivity index (χ4v) is 3.52. The van der Waals surface area contributed by atoms with E-state index in [1.165, 1.54) is 18.5 Å². The molecule has 0 bridgehead atoms. The monoisotopic (exact) mass is 304 g/mol. The van der Waals surface area contributed by atoms with Crippen LogP contribution in [0.15, 0.2) is 6.07 Å². The Kier molecular flexibility index (Phi) is 5.26. The summed E-state index contributed by atoms with van der Waals surface area (Å²) in [6.45, 7) is 10.5. The molecule has 3 rings (SSSR count). The zero-order valence-corrected chi connectivity index (χ0v) is 13.9. The molecule has 2 saturated heterocycles. The van der Waals surface area contributed by atoms with Crippen molar-refractivity contribution in [2.75, 3.05) is 44.3 Å². The molecule has 0 aromatic carbocycles. The first kappa shape index (κ1) is 15.7. The smallest absolute Gasteiger partial charge is 0.132 e. The molecule has 0 radical (unpaired) electrons. The molecular formula is C17H28N4O. The van der Waals surface area contributed by atoms with Gasteiger partial charge in [-0.1, -0.05) is 13.3 Å². The minimum Gasteiger partial charge on any atom is -0.381 e. The van der Waals surface area contributed by atoms with E-state index in [4.69, 9.17) is 4.74 Å². The Balaban J connectivity index is 1.61. The minimum absolute atomic E-state index is 0.721. The third-order valence-corrected chi connectivity index (χ3v) is 4.73. The predicted octanol–water partition coefficient (Wildman–Crippen LogP) is 2.04. The standard InChI is InChI=1S/C17H28N4O/c1-3-4-15-13-17(19-14(2)18-15)21-9-7-20(8-10-21)16-5-11-22-12-6-16/h13,16H,3-12H2,1-2H3. The van der Waals surface area contributed by atoms with Gasteiger partial charge in [-0.15, -0.1) is 0 Å². The fourth-order valence-electron chi connectivity index (χ4n) is 3.52. The summed E-state index contributed by atoms with van der Waals surface area (Å²) in [6, 6.07) is 2.90. The second kappa shape index (κ2) is 7.38. The Morgan fingerprint density at radius 3 is 2.55 bits per heavy atom. The molecule has 0 N–H and O–H groups in total. The van der Waals surface area contributed by atoms with Crippen molar-refractivity contribution < 1.29 is 4.74 Å². The summed E-state index contributed by atoms with van der Waals surface area (Å²) in [5, 5.41) is 0. The Bertz CT molecular complexity index is 480. The SMILES string of the molecule is CCCc1cc(N2CCN(C3CCOCC3)CC2)nc(C)n1. The van der Waals surface area contributed by atoms with E-state index in [9.17, 15) is 0 Å². The van der Waals surface area contributed by atoms with Crippen molar-refractivity contribution in [2.45, 2.75) is 45.6 Å². The summed E-state index contributed by atoms with van der Waals surface area (Å²) in [4.78, 5) is 14.3. The molecule has 2 aliphatic heterocycles. The van der Waals surface area contributed by atoms with Crippen molar-refractivity contribution in [3.05, 3.63) is 17.6 Å². The number of rotatable bonds is 4. The number of anilines is 1. The van der Waals surface area contributed by atoms with Gasteiger partial charge >= 0.3 is 0 Å². The molecule has 22 heavy (non-hydrogen) atoms. The molecule has 2 aliphatic rings. The lowest BCUT2D eigenvalue weighted by atomic mass is 10.1. The van der Waals surface area contributed by atoms with Crippen LogP contribution in [0.25, 0.3) is 0 Å². The van der Waals surface area contributed by atoms with E-state index >= 15 is 0 Å². The molecule has 0 saturated carbocycles. The van der Waals surface area contributed by atoms with Crippen molar-refractivity contribution in [3.8, 4) is 0 Å². The van der Waals surface area contributed by atoms with Crippen LogP contribution in [-0.4, -0.2) is 60.3 Å². The fraction of sp³-hybridized carbons (Fsp3) is 0.765. The van der Waals surface area contributed by atoms with Crippen LogP contribution in [0.2, 0.25) is 0 Å². The topological polar surface area (TPSA) is 41.5 Å². The molecule has 0 atom stereocenters. The van der Waals surface area contributed by atoms with E-state index < -0.39 is 0 Å². The molecule has 2 fully saturated rings. The van der Waals surface area contributed by atoms with Crippen molar-refractivity contribution in [1.29, 1.82) is 0 Å². The number of hydrogen-bond acceptors (Lipinski definition) is 5. The number of ether oxygens (including phenoxy) is 1. The highest BCUT2D eigenvalue weighted by Crippen LogP contribution is 2.20. The van der Waals surface area contributed by atoms with Gasteiger partial charge in [0.25, 0.3) is 0 Å². The van der Waals surface area contributed by atoms with Crippen LogP contribution in [0, 0.1) is 6.92 Å². The maximum absolute atomic E-state index is 5.48. The average Bonchev–Trinajstić information content (AvgIpc) is 2.56. The third-order valence-electron chi connectivity index (χ3n) is 4.73. The Morgan fingerprint density at radius 1 is 1.14 bits per heavy atom. The Morgan fingerprint density at radius 2 is 1.86 bits per heavy atom. The van der Waals surface area contributed by atoms with Gasteiger partial charge in [-0.3, -0.25) is 4.90 Å². The van der Waals surface area contributed by atoms with Crippen molar-refractivity contribution >= 4 is 5.82 Å². The van der Waals surface area contributed by atoms with E-state index in [1.54, 1.807) is 0 Å². The zero-order valence-electron chi connectivity index (χ0n) is 13.9. The number of aromatic nitrogens is 2. The van der Waals surface area contributed by atoms with E-state index in [2.05, 4.69) is 32.8 Å². The van der Waals surface area contributed by atoms with Gasteiger partial charge in [-0.2, -0.15) is 0 Å². The van der Waals surface area contributed by atoms with Crippen LogP contribution in [0.4, 0.5) is 5.82 Å². The normalized spacial score (nSPS) is 21.3. The quantitative estimate of drug-likeness (QED) is 0.851. The van der Waals surface area contributed by atoms with Gasteiger partial charge in [-0.05, 0) is 26.2 Å². The van der Waals surface area contributed by atoms with Crippen LogP contribution in [0.1, 0.15) is 37.7 Å². The second-order valence-electron chi connectivity index (χ2n) is 6.38. The molecule has 5 heteroatoms. The van der Waals surface area contributed by atoms with Gasteiger partial charge in [0.15, 0.2) is 0 Å². The molecule has 0 unspecified atom stereocenters. The highest BCUT2D eigenvalue weighted by molar-refractivity contribution is 5.40. The lowest BCUT2D eigenvalue weighted by Crippen LogP contribution is -2.51. The van der Waals surface area contributed by atoms with Crippen LogP contribution in [0.3, 0.4) is 0 Å². The molecule has 0 aliphatic carbocycles. The number of hydrogen-bond donors (Lipinski definition) is 0. The first-order valence-electron chi connectivity index (χ1n) is 8.67. The summed E-state index contributed by atoms with van der Waals surface area (Å²) in [7, 11) is 0. The van der Waals surface area contributed by atoms with Crippen LogP contribution >= 0.6 is 0 Å². The largest absolute Gasteiger partial charge is 0.381 e. The van der Waals surface area contributed by atoms with Gasteiger partial charge in [0.05, 0.1) is 0 Å². The second-order valence-corrected chi connectivity index (χ2v) is 6.38. The first-order chi connectivity index (χ1) is 10.8. The third kappa shape index (κ3) is 3.76. The van der Waals surface area contributed by atoms with Crippen molar-refractivity contribution in [3.63, 3.8) is 0 Å². The molecule has 1 aromatic rings.